The van der Waals surface area contributed by atoms with Crippen molar-refractivity contribution in [2.45, 2.75) is 20.8 Å². The minimum Gasteiger partial charge on any atom is -0.352 e. The number of hydrogen-bond donors (Lipinski definition) is 1. The zero-order valence-corrected chi connectivity index (χ0v) is 12.2. The maximum atomic E-state index is 11.6. The van der Waals surface area contributed by atoms with Gasteiger partial charge in [0.25, 0.3) is 0 Å². The number of amides is 1. The van der Waals surface area contributed by atoms with Gasteiger partial charge < -0.3 is 5.32 Å². The number of aryl methyl sites for hydroxylation is 1. The Labute approximate surface area is 119 Å². The van der Waals surface area contributed by atoms with Crippen LogP contribution in [0.3, 0.4) is 0 Å². The normalized spacial score (nSPS) is 11.4. The van der Waals surface area contributed by atoms with Gasteiger partial charge in [-0.15, -0.1) is 0 Å². The van der Waals surface area contributed by atoms with Gasteiger partial charge in [-0.3, -0.25) is 4.79 Å². The van der Waals surface area contributed by atoms with E-state index in [1.54, 1.807) is 6.08 Å². The SMILES string of the molecule is Cc1ccc2nc(/C=C/C(=O)NCC(C)C)ccc2c1. The van der Waals surface area contributed by atoms with Crippen molar-refractivity contribution >= 4 is 22.9 Å². The first-order valence-corrected chi connectivity index (χ1v) is 6.88. The number of nitrogens with one attached hydrogen (secondary N) is 1. The maximum Gasteiger partial charge on any atom is 0.244 e. The first-order chi connectivity index (χ1) is 9.54. The van der Waals surface area contributed by atoms with Gasteiger partial charge in [0, 0.05) is 18.0 Å². The molecule has 0 bridgehead atoms. The van der Waals surface area contributed by atoms with Crippen molar-refractivity contribution in [1.29, 1.82) is 0 Å². The quantitative estimate of drug-likeness (QED) is 0.864. The number of fused-ring (bicyclic) bond motifs is 1. The highest BCUT2D eigenvalue weighted by molar-refractivity contribution is 5.91. The third-order valence-corrected chi connectivity index (χ3v) is 2.96. The molecular formula is C17H20N2O. The number of aromatic nitrogens is 1. The summed E-state index contributed by atoms with van der Waals surface area (Å²) in [6, 6.07) is 10.1. The van der Waals surface area contributed by atoms with Crippen molar-refractivity contribution in [2.24, 2.45) is 5.92 Å². The van der Waals surface area contributed by atoms with Gasteiger partial charge in [-0.1, -0.05) is 31.5 Å². The molecule has 2 aromatic rings. The number of hydrogen-bond acceptors (Lipinski definition) is 2. The van der Waals surface area contributed by atoms with Gasteiger partial charge in [-0.05, 0) is 37.1 Å². The number of benzene rings is 1. The highest BCUT2D eigenvalue weighted by atomic mass is 16.1. The second-order valence-electron chi connectivity index (χ2n) is 5.40. The van der Waals surface area contributed by atoms with Crippen molar-refractivity contribution in [3.8, 4) is 0 Å². The van der Waals surface area contributed by atoms with E-state index in [2.05, 4.69) is 37.1 Å². The number of carbonyl (C=O) groups excluding carboxylic acids is 1. The highest BCUT2D eigenvalue weighted by Gasteiger charge is 1.99. The molecule has 20 heavy (non-hydrogen) atoms. The molecule has 0 spiro atoms. The molecule has 0 saturated carbocycles. The molecule has 1 aromatic heterocycles. The number of carbonyl (C=O) groups is 1. The van der Waals surface area contributed by atoms with Crippen LogP contribution in [0.2, 0.25) is 0 Å². The van der Waals surface area contributed by atoms with E-state index < -0.39 is 0 Å². The van der Waals surface area contributed by atoms with Gasteiger partial charge in [0.1, 0.15) is 0 Å². The molecule has 0 radical (unpaired) electrons. The fraction of sp³-hybridized carbons (Fsp3) is 0.294. The topological polar surface area (TPSA) is 42.0 Å². The van der Waals surface area contributed by atoms with E-state index in [-0.39, 0.29) is 5.91 Å². The summed E-state index contributed by atoms with van der Waals surface area (Å²) < 4.78 is 0. The summed E-state index contributed by atoms with van der Waals surface area (Å²) in [6.45, 7) is 6.88. The van der Waals surface area contributed by atoms with E-state index in [9.17, 15) is 4.79 Å². The monoisotopic (exact) mass is 268 g/mol. The van der Waals surface area contributed by atoms with Crippen molar-refractivity contribution in [3.63, 3.8) is 0 Å². The first-order valence-electron chi connectivity index (χ1n) is 6.88. The van der Waals surface area contributed by atoms with Crippen molar-refractivity contribution < 1.29 is 4.79 Å². The van der Waals surface area contributed by atoms with Crippen LogP contribution in [0.15, 0.2) is 36.4 Å². The van der Waals surface area contributed by atoms with Crippen LogP contribution in [0.4, 0.5) is 0 Å². The molecule has 3 nitrogen and oxygen atoms in total. The molecule has 0 atom stereocenters. The minimum absolute atomic E-state index is 0.0792. The van der Waals surface area contributed by atoms with E-state index in [0.29, 0.717) is 12.5 Å². The van der Waals surface area contributed by atoms with Crippen LogP contribution in [-0.4, -0.2) is 17.4 Å². The summed E-state index contributed by atoms with van der Waals surface area (Å²) in [5.41, 5.74) is 2.96. The molecule has 0 aliphatic heterocycles. The van der Waals surface area contributed by atoms with Crippen LogP contribution in [0.25, 0.3) is 17.0 Å². The molecule has 0 unspecified atom stereocenters. The van der Waals surface area contributed by atoms with E-state index >= 15 is 0 Å². The fourth-order valence-electron chi connectivity index (χ4n) is 1.88. The largest absolute Gasteiger partial charge is 0.352 e. The standard InChI is InChI=1S/C17H20N2O/c1-12(2)11-18-17(20)9-7-15-6-5-14-10-13(3)4-8-16(14)19-15/h4-10,12H,11H2,1-3H3,(H,18,20)/b9-7+. The van der Waals surface area contributed by atoms with Crippen LogP contribution in [0, 0.1) is 12.8 Å². The predicted molar refractivity (Wildman–Crippen MR) is 83.4 cm³/mol. The molecule has 2 rings (SSSR count). The van der Waals surface area contributed by atoms with Gasteiger partial charge in [-0.25, -0.2) is 4.98 Å². The van der Waals surface area contributed by atoms with Gasteiger partial charge in [0.2, 0.25) is 5.91 Å². The van der Waals surface area contributed by atoms with Crippen LogP contribution in [-0.2, 0) is 4.79 Å². The van der Waals surface area contributed by atoms with Crippen LogP contribution >= 0.6 is 0 Å². The average molecular weight is 268 g/mol. The van der Waals surface area contributed by atoms with Crippen molar-refractivity contribution in [1.82, 2.24) is 10.3 Å². The lowest BCUT2D eigenvalue weighted by molar-refractivity contribution is -0.116. The average Bonchev–Trinajstić information content (AvgIpc) is 2.42. The van der Waals surface area contributed by atoms with E-state index in [1.807, 2.05) is 24.3 Å². The number of nitrogens with zero attached hydrogens (tertiary/aromatic N) is 1. The van der Waals surface area contributed by atoms with Gasteiger partial charge in [-0.2, -0.15) is 0 Å². The molecule has 0 saturated heterocycles. The molecule has 1 amide bonds. The summed E-state index contributed by atoms with van der Waals surface area (Å²) in [5.74, 6) is 0.374. The summed E-state index contributed by atoms with van der Waals surface area (Å²) >= 11 is 0. The van der Waals surface area contributed by atoms with E-state index in [0.717, 1.165) is 16.6 Å². The second kappa shape index (κ2) is 6.33. The molecule has 0 aliphatic carbocycles. The van der Waals surface area contributed by atoms with E-state index in [1.165, 1.54) is 11.6 Å². The first kappa shape index (κ1) is 14.3. The smallest absolute Gasteiger partial charge is 0.244 e. The predicted octanol–water partition coefficient (Wildman–Crippen LogP) is 3.33. The zero-order chi connectivity index (χ0) is 14.5. The van der Waals surface area contributed by atoms with Gasteiger partial charge in [0.05, 0.1) is 11.2 Å². The van der Waals surface area contributed by atoms with Gasteiger partial charge >= 0.3 is 0 Å². The molecule has 0 aliphatic rings. The summed E-state index contributed by atoms with van der Waals surface area (Å²) in [4.78, 5) is 16.1. The van der Waals surface area contributed by atoms with Crippen LogP contribution < -0.4 is 5.32 Å². The third kappa shape index (κ3) is 3.92. The third-order valence-electron chi connectivity index (χ3n) is 2.96. The Bertz CT molecular complexity index is 644. The molecular weight excluding hydrogens is 248 g/mol. The molecule has 104 valence electrons. The molecule has 1 heterocycles. The molecule has 1 aromatic carbocycles. The Hall–Kier alpha value is -2.16. The lowest BCUT2D eigenvalue weighted by Crippen LogP contribution is -2.25. The Morgan fingerprint density at radius 2 is 2.10 bits per heavy atom. The Morgan fingerprint density at radius 3 is 2.85 bits per heavy atom. The maximum absolute atomic E-state index is 11.6. The fourth-order valence-corrected chi connectivity index (χ4v) is 1.88. The van der Waals surface area contributed by atoms with Crippen molar-refractivity contribution in [3.05, 3.63) is 47.7 Å². The Balaban J connectivity index is 2.09. The summed E-state index contributed by atoms with van der Waals surface area (Å²) in [6.07, 6.45) is 3.28. The zero-order valence-electron chi connectivity index (χ0n) is 12.2. The Morgan fingerprint density at radius 1 is 1.30 bits per heavy atom. The van der Waals surface area contributed by atoms with Crippen LogP contribution in [0.1, 0.15) is 25.1 Å². The van der Waals surface area contributed by atoms with Crippen molar-refractivity contribution in [2.75, 3.05) is 6.54 Å². The lowest BCUT2D eigenvalue weighted by atomic mass is 10.1. The minimum atomic E-state index is -0.0792. The number of pyridine rings is 1. The second-order valence-corrected chi connectivity index (χ2v) is 5.40. The summed E-state index contributed by atoms with van der Waals surface area (Å²) in [7, 11) is 0. The lowest BCUT2D eigenvalue weighted by Gasteiger charge is -2.04. The molecule has 3 heteroatoms. The summed E-state index contributed by atoms with van der Waals surface area (Å²) in [5, 5.41) is 3.96. The highest BCUT2D eigenvalue weighted by Crippen LogP contribution is 2.14. The molecule has 0 fully saturated rings. The Kier molecular flexibility index (Phi) is 4.51. The van der Waals surface area contributed by atoms with Crippen LogP contribution in [0.5, 0.6) is 0 Å². The van der Waals surface area contributed by atoms with E-state index in [4.69, 9.17) is 0 Å². The number of rotatable bonds is 4. The van der Waals surface area contributed by atoms with Gasteiger partial charge in [0.15, 0.2) is 0 Å². The molecule has 1 N–H and O–H groups in total.